The zero-order valence-corrected chi connectivity index (χ0v) is 21.6. The summed E-state index contributed by atoms with van der Waals surface area (Å²) in [4.78, 5) is 4.66. The van der Waals surface area contributed by atoms with Crippen molar-refractivity contribution in [3.8, 4) is 6.07 Å². The summed E-state index contributed by atoms with van der Waals surface area (Å²) in [5.74, 6) is -0.749. The van der Waals surface area contributed by atoms with Crippen molar-refractivity contribution in [3.05, 3.63) is 112 Å². The second-order valence-corrected chi connectivity index (χ2v) is 9.84. The minimum Gasteiger partial charge on any atom is -0.261 e. The minimum atomic E-state index is -0.532. The number of aryl methyl sites for hydroxylation is 5. The lowest BCUT2D eigenvalue weighted by atomic mass is 9.97. The molecule has 0 radical (unpaired) electrons. The predicted molar refractivity (Wildman–Crippen MR) is 147 cm³/mol. The van der Waals surface area contributed by atoms with Crippen LogP contribution in [0.15, 0.2) is 66.9 Å². The number of fused-ring (bicyclic) bond motifs is 1. The average Bonchev–Trinajstić information content (AvgIpc) is 2.92. The molecule has 0 atom stereocenters. The minimum absolute atomic E-state index is 0.0254. The molecular weight excluding hydrogens is 462 g/mol. The second-order valence-electron chi connectivity index (χ2n) is 9.84. The molecule has 0 spiro atoms. The molecule has 4 rings (SSSR count). The zero-order valence-electron chi connectivity index (χ0n) is 21.6. The fraction of sp³-hybridized carbons (Fsp3) is 0.333. The first-order chi connectivity index (χ1) is 18.1. The van der Waals surface area contributed by atoms with Crippen molar-refractivity contribution in [2.75, 3.05) is 0 Å². The number of aromatic nitrogens is 1. The van der Waals surface area contributed by atoms with Gasteiger partial charge in [0.05, 0.1) is 5.56 Å². The van der Waals surface area contributed by atoms with Crippen LogP contribution in [0.3, 0.4) is 0 Å². The van der Waals surface area contributed by atoms with Gasteiger partial charge in [-0.15, -0.1) is 0 Å². The third-order valence-corrected chi connectivity index (χ3v) is 7.06. The molecule has 0 bridgehead atoms. The van der Waals surface area contributed by atoms with Gasteiger partial charge in [0.15, 0.2) is 0 Å². The topological polar surface area (TPSA) is 36.7 Å². The maximum atomic E-state index is 15.2. The summed E-state index contributed by atoms with van der Waals surface area (Å²) in [6.45, 7) is 2.24. The summed E-state index contributed by atoms with van der Waals surface area (Å²) in [6, 6.07) is 20.4. The van der Waals surface area contributed by atoms with Crippen molar-refractivity contribution in [1.82, 2.24) is 4.98 Å². The Labute approximate surface area is 219 Å². The van der Waals surface area contributed by atoms with E-state index in [9.17, 15) is 4.39 Å². The Morgan fingerprint density at radius 1 is 0.730 bits per heavy atom. The molecule has 190 valence electrons. The number of halogens is 2. The van der Waals surface area contributed by atoms with Gasteiger partial charge >= 0.3 is 0 Å². The van der Waals surface area contributed by atoms with Crippen LogP contribution < -0.4 is 0 Å². The van der Waals surface area contributed by atoms with Crippen molar-refractivity contribution < 1.29 is 8.78 Å². The van der Waals surface area contributed by atoms with E-state index in [1.54, 1.807) is 6.07 Å². The Morgan fingerprint density at radius 3 is 2.24 bits per heavy atom. The van der Waals surface area contributed by atoms with E-state index in [-0.39, 0.29) is 11.4 Å². The normalized spacial score (nSPS) is 11.1. The molecule has 0 aliphatic heterocycles. The van der Waals surface area contributed by atoms with Crippen LogP contribution in [0.2, 0.25) is 0 Å². The molecule has 0 aliphatic carbocycles. The molecule has 0 N–H and O–H groups in total. The smallest absolute Gasteiger partial charge is 0.141 e. The summed E-state index contributed by atoms with van der Waals surface area (Å²) in [5, 5.41) is 10.4. The van der Waals surface area contributed by atoms with Crippen molar-refractivity contribution >= 4 is 10.8 Å². The van der Waals surface area contributed by atoms with E-state index in [2.05, 4.69) is 30.1 Å². The summed E-state index contributed by atoms with van der Waals surface area (Å²) < 4.78 is 29.1. The van der Waals surface area contributed by atoms with Crippen LogP contribution >= 0.6 is 0 Å². The average molecular weight is 497 g/mol. The fourth-order valence-electron chi connectivity index (χ4n) is 4.77. The first-order valence-corrected chi connectivity index (χ1v) is 13.4. The lowest BCUT2D eigenvalue weighted by molar-refractivity contribution is 0.616. The van der Waals surface area contributed by atoms with Gasteiger partial charge < -0.3 is 0 Å². The number of unbranched alkanes of at least 4 members (excludes halogenated alkanes) is 4. The Balaban J connectivity index is 1.33. The number of hydrogen-bond donors (Lipinski definition) is 0. The van der Waals surface area contributed by atoms with Gasteiger partial charge in [-0.05, 0) is 84.4 Å². The number of benzene rings is 3. The number of nitrogens with zero attached hydrogens (tertiary/aromatic N) is 2. The highest BCUT2D eigenvalue weighted by atomic mass is 19.1. The SMILES string of the molecule is CCCCCCCc1ccc(CCc2ccc3c(F)c(CCc4ccc(C#N)c(F)c4)ccc3c2)nc1. The summed E-state index contributed by atoms with van der Waals surface area (Å²) in [7, 11) is 0. The van der Waals surface area contributed by atoms with Crippen molar-refractivity contribution in [2.45, 2.75) is 71.1 Å². The van der Waals surface area contributed by atoms with Gasteiger partial charge in [0.2, 0.25) is 0 Å². The molecule has 3 aromatic carbocycles. The molecule has 2 nitrogen and oxygen atoms in total. The molecule has 0 saturated heterocycles. The van der Waals surface area contributed by atoms with Gasteiger partial charge in [-0.2, -0.15) is 5.26 Å². The van der Waals surface area contributed by atoms with Gasteiger partial charge in [0.1, 0.15) is 17.7 Å². The third kappa shape index (κ3) is 7.23. The van der Waals surface area contributed by atoms with E-state index in [4.69, 9.17) is 5.26 Å². The van der Waals surface area contributed by atoms with E-state index in [0.29, 0.717) is 23.8 Å². The number of hydrogen-bond acceptors (Lipinski definition) is 2. The molecule has 4 aromatic rings. The van der Waals surface area contributed by atoms with E-state index >= 15 is 4.39 Å². The molecule has 1 heterocycles. The van der Waals surface area contributed by atoms with Gasteiger partial charge in [-0.1, -0.05) is 75.1 Å². The van der Waals surface area contributed by atoms with E-state index in [1.807, 2.05) is 36.5 Å². The summed E-state index contributed by atoms with van der Waals surface area (Å²) in [5.41, 5.74) is 4.93. The van der Waals surface area contributed by atoms with Crippen molar-refractivity contribution in [1.29, 1.82) is 5.26 Å². The Morgan fingerprint density at radius 2 is 1.49 bits per heavy atom. The molecule has 0 saturated carbocycles. The largest absolute Gasteiger partial charge is 0.261 e. The van der Waals surface area contributed by atoms with Gasteiger partial charge in [-0.3, -0.25) is 4.98 Å². The van der Waals surface area contributed by atoms with Crippen LogP contribution in [0.25, 0.3) is 10.8 Å². The molecular formula is C33H34F2N2. The zero-order chi connectivity index (χ0) is 26.0. The lowest BCUT2D eigenvalue weighted by Crippen LogP contribution is -1.98. The molecule has 37 heavy (non-hydrogen) atoms. The van der Waals surface area contributed by atoms with Crippen LogP contribution in [-0.2, 0) is 32.1 Å². The van der Waals surface area contributed by atoms with Crippen LogP contribution in [0.1, 0.15) is 72.5 Å². The fourth-order valence-corrected chi connectivity index (χ4v) is 4.77. The highest BCUT2D eigenvalue weighted by Crippen LogP contribution is 2.24. The van der Waals surface area contributed by atoms with Crippen LogP contribution in [0.4, 0.5) is 8.78 Å². The molecule has 0 fully saturated rings. The molecule has 0 amide bonds. The second kappa shape index (κ2) is 13.1. The van der Waals surface area contributed by atoms with Crippen molar-refractivity contribution in [3.63, 3.8) is 0 Å². The van der Waals surface area contributed by atoms with E-state index in [1.165, 1.54) is 49.8 Å². The van der Waals surface area contributed by atoms with Gasteiger partial charge in [-0.25, -0.2) is 8.78 Å². The van der Waals surface area contributed by atoms with Crippen LogP contribution in [0, 0.1) is 23.0 Å². The standard InChI is InChI=1S/C33H34F2N2/c1-2-3-4-5-6-7-26-11-18-30(37-23-26)17-10-24-12-19-31-28(20-24)16-15-27(33(31)35)13-8-25-9-14-29(22-36)32(34)21-25/h9,11-12,14-16,18-21,23H,2-8,10,13,17H2,1H3. The van der Waals surface area contributed by atoms with Gasteiger partial charge in [0, 0.05) is 17.3 Å². The Hall–Kier alpha value is -3.58. The summed E-state index contributed by atoms with van der Waals surface area (Å²) in [6.07, 6.45) is 12.2. The maximum Gasteiger partial charge on any atom is 0.141 e. The monoisotopic (exact) mass is 496 g/mol. The third-order valence-electron chi connectivity index (χ3n) is 7.06. The number of pyridine rings is 1. The molecule has 0 unspecified atom stereocenters. The molecule has 0 aliphatic rings. The number of nitriles is 1. The first kappa shape index (κ1) is 26.5. The number of rotatable bonds is 12. The summed E-state index contributed by atoms with van der Waals surface area (Å²) >= 11 is 0. The highest BCUT2D eigenvalue weighted by Gasteiger charge is 2.10. The highest BCUT2D eigenvalue weighted by molar-refractivity contribution is 5.84. The van der Waals surface area contributed by atoms with E-state index in [0.717, 1.165) is 41.5 Å². The molecule has 1 aromatic heterocycles. The lowest BCUT2D eigenvalue weighted by Gasteiger charge is -2.09. The van der Waals surface area contributed by atoms with Crippen LogP contribution in [0.5, 0.6) is 0 Å². The van der Waals surface area contributed by atoms with Gasteiger partial charge in [0.25, 0.3) is 0 Å². The maximum absolute atomic E-state index is 15.2. The first-order valence-electron chi connectivity index (χ1n) is 13.4. The Bertz CT molecular complexity index is 1370. The van der Waals surface area contributed by atoms with Crippen LogP contribution in [-0.4, -0.2) is 4.98 Å². The predicted octanol–water partition coefficient (Wildman–Crippen LogP) is 8.47. The quantitative estimate of drug-likeness (QED) is 0.184. The Kier molecular flexibility index (Phi) is 9.38. The van der Waals surface area contributed by atoms with Crippen molar-refractivity contribution in [2.24, 2.45) is 0 Å². The molecule has 4 heteroatoms. The van der Waals surface area contributed by atoms with E-state index < -0.39 is 5.82 Å².